The van der Waals surface area contributed by atoms with E-state index in [9.17, 15) is 0 Å². The summed E-state index contributed by atoms with van der Waals surface area (Å²) in [6.07, 6.45) is 1.04. The molecule has 22 heavy (non-hydrogen) atoms. The van der Waals surface area contributed by atoms with Crippen LogP contribution in [-0.2, 0) is 4.74 Å². The highest BCUT2D eigenvalue weighted by Gasteiger charge is 2.48. The molecule has 2 atom stereocenters. The molecule has 0 aliphatic carbocycles. The molecular weight excluding hydrogens is 280 g/mol. The van der Waals surface area contributed by atoms with Gasteiger partial charge in [0.25, 0.3) is 0 Å². The fraction of sp³-hybridized carbons (Fsp3) is 0.800. The summed E-state index contributed by atoms with van der Waals surface area (Å²) in [6, 6.07) is 0.919. The molecule has 2 fully saturated rings. The van der Waals surface area contributed by atoms with E-state index >= 15 is 0 Å². The highest BCUT2D eigenvalue weighted by Crippen LogP contribution is 2.38. The minimum absolute atomic E-state index is 0.0609. The van der Waals surface area contributed by atoms with Crippen molar-refractivity contribution in [2.75, 3.05) is 28.7 Å². The Bertz CT molecular complexity index is 521. The Labute approximate surface area is 131 Å². The van der Waals surface area contributed by atoms with E-state index in [1.807, 2.05) is 0 Å². The maximum Gasteiger partial charge on any atom is 0.232 e. The van der Waals surface area contributed by atoms with Gasteiger partial charge >= 0.3 is 0 Å². The normalized spacial score (nSPS) is 27.0. The number of fused-ring (bicyclic) bond motifs is 2. The Morgan fingerprint density at radius 2 is 1.68 bits per heavy atom. The first-order chi connectivity index (χ1) is 10.3. The second-order valence-corrected chi connectivity index (χ2v) is 7.13. The predicted octanol–water partition coefficient (Wildman–Crippen LogP) is 1.88. The van der Waals surface area contributed by atoms with Gasteiger partial charge in [-0.2, -0.15) is 15.0 Å². The van der Waals surface area contributed by atoms with Gasteiger partial charge in [0.05, 0.1) is 24.8 Å². The average Bonchev–Trinajstić information content (AvgIpc) is 2.92. The standard InChI is InChI=1S/C15H26N6O/c1-9(2)16-12-18-13(17-10(3)4)20-14(19-12)21-8-15(5)6-11(21)7-22-15/h9-11H,6-8H2,1-5H3,(H2,16,17,18,19,20). The van der Waals surface area contributed by atoms with Gasteiger partial charge in [-0.3, -0.25) is 0 Å². The molecule has 0 aromatic carbocycles. The highest BCUT2D eigenvalue weighted by atomic mass is 16.5. The Morgan fingerprint density at radius 3 is 2.09 bits per heavy atom. The van der Waals surface area contributed by atoms with E-state index < -0.39 is 0 Å². The van der Waals surface area contributed by atoms with E-state index in [1.165, 1.54) is 0 Å². The zero-order valence-corrected chi connectivity index (χ0v) is 14.1. The first-order valence-corrected chi connectivity index (χ1v) is 8.04. The van der Waals surface area contributed by atoms with Crippen LogP contribution in [0, 0.1) is 0 Å². The summed E-state index contributed by atoms with van der Waals surface area (Å²) in [5.74, 6) is 1.98. The summed E-state index contributed by atoms with van der Waals surface area (Å²) in [7, 11) is 0. The van der Waals surface area contributed by atoms with Crippen LogP contribution in [0.15, 0.2) is 0 Å². The van der Waals surface area contributed by atoms with Gasteiger partial charge in [-0.25, -0.2) is 0 Å². The van der Waals surface area contributed by atoms with Crippen LogP contribution in [0.25, 0.3) is 0 Å². The molecule has 3 rings (SSSR count). The first-order valence-electron chi connectivity index (χ1n) is 8.04. The van der Waals surface area contributed by atoms with Crippen molar-refractivity contribution in [2.24, 2.45) is 0 Å². The Hall–Kier alpha value is -1.63. The first kappa shape index (κ1) is 15.3. The van der Waals surface area contributed by atoms with Crippen molar-refractivity contribution in [3.8, 4) is 0 Å². The van der Waals surface area contributed by atoms with Crippen molar-refractivity contribution < 1.29 is 4.74 Å². The molecular formula is C15H26N6O. The van der Waals surface area contributed by atoms with Crippen LogP contribution >= 0.6 is 0 Å². The summed E-state index contributed by atoms with van der Waals surface area (Å²) in [6.45, 7) is 12.1. The molecule has 1 aromatic heterocycles. The highest BCUT2D eigenvalue weighted by molar-refractivity contribution is 5.47. The van der Waals surface area contributed by atoms with Crippen molar-refractivity contribution in [3.05, 3.63) is 0 Å². The molecule has 7 heteroatoms. The lowest BCUT2D eigenvalue weighted by Gasteiger charge is -2.31. The largest absolute Gasteiger partial charge is 0.371 e. The summed E-state index contributed by atoms with van der Waals surface area (Å²) >= 11 is 0. The van der Waals surface area contributed by atoms with Gasteiger partial charge in [-0.05, 0) is 34.6 Å². The number of anilines is 3. The minimum atomic E-state index is -0.0609. The molecule has 0 saturated carbocycles. The van der Waals surface area contributed by atoms with E-state index in [-0.39, 0.29) is 17.7 Å². The Kier molecular flexibility index (Phi) is 3.84. The molecule has 2 saturated heterocycles. The van der Waals surface area contributed by atoms with Crippen molar-refractivity contribution in [2.45, 2.75) is 64.8 Å². The molecule has 2 aliphatic rings. The summed E-state index contributed by atoms with van der Waals surface area (Å²) in [4.78, 5) is 15.9. The van der Waals surface area contributed by atoms with Gasteiger partial charge in [-0.1, -0.05) is 0 Å². The van der Waals surface area contributed by atoms with Crippen molar-refractivity contribution >= 4 is 17.8 Å². The quantitative estimate of drug-likeness (QED) is 0.860. The van der Waals surface area contributed by atoms with E-state index in [2.05, 4.69) is 65.1 Å². The van der Waals surface area contributed by atoms with Crippen molar-refractivity contribution in [1.82, 2.24) is 15.0 Å². The molecule has 0 spiro atoms. The number of morpholine rings is 1. The summed E-state index contributed by atoms with van der Waals surface area (Å²) < 4.78 is 5.84. The van der Waals surface area contributed by atoms with Crippen LogP contribution in [0.2, 0.25) is 0 Å². The van der Waals surface area contributed by atoms with Crippen molar-refractivity contribution in [3.63, 3.8) is 0 Å². The molecule has 7 nitrogen and oxygen atoms in total. The lowest BCUT2D eigenvalue weighted by Crippen LogP contribution is -2.42. The molecule has 2 N–H and O–H groups in total. The van der Waals surface area contributed by atoms with Gasteiger partial charge in [0.15, 0.2) is 0 Å². The van der Waals surface area contributed by atoms with E-state index in [0.717, 1.165) is 25.5 Å². The third kappa shape index (κ3) is 3.09. The number of nitrogens with zero attached hydrogens (tertiary/aromatic N) is 4. The van der Waals surface area contributed by atoms with Crippen LogP contribution in [0.5, 0.6) is 0 Å². The third-order valence-corrected chi connectivity index (χ3v) is 3.95. The van der Waals surface area contributed by atoms with Crippen LogP contribution in [0.1, 0.15) is 41.0 Å². The monoisotopic (exact) mass is 306 g/mol. The summed E-state index contributed by atoms with van der Waals surface area (Å²) in [5, 5.41) is 6.55. The predicted molar refractivity (Wildman–Crippen MR) is 87.5 cm³/mol. The molecule has 1 aromatic rings. The maximum absolute atomic E-state index is 5.84. The topological polar surface area (TPSA) is 75.2 Å². The van der Waals surface area contributed by atoms with E-state index in [1.54, 1.807) is 0 Å². The molecule has 0 amide bonds. The van der Waals surface area contributed by atoms with Crippen LogP contribution < -0.4 is 15.5 Å². The molecule has 2 aliphatic heterocycles. The number of ether oxygens (including phenoxy) is 1. The van der Waals surface area contributed by atoms with Gasteiger partial charge in [0, 0.05) is 18.5 Å². The molecule has 2 unspecified atom stereocenters. The van der Waals surface area contributed by atoms with Gasteiger partial charge < -0.3 is 20.3 Å². The fourth-order valence-corrected chi connectivity index (χ4v) is 3.09. The second-order valence-electron chi connectivity index (χ2n) is 7.13. The van der Waals surface area contributed by atoms with Gasteiger partial charge in [0.2, 0.25) is 17.8 Å². The van der Waals surface area contributed by atoms with E-state index in [4.69, 9.17) is 4.74 Å². The minimum Gasteiger partial charge on any atom is -0.371 e. The van der Waals surface area contributed by atoms with Crippen LogP contribution in [0.4, 0.5) is 17.8 Å². The number of hydrogen-bond donors (Lipinski definition) is 2. The van der Waals surface area contributed by atoms with Gasteiger partial charge in [-0.15, -0.1) is 0 Å². The number of rotatable bonds is 5. The maximum atomic E-state index is 5.84. The fourth-order valence-electron chi connectivity index (χ4n) is 3.09. The number of aromatic nitrogens is 3. The lowest BCUT2D eigenvalue weighted by atomic mass is 10.1. The van der Waals surface area contributed by atoms with E-state index in [0.29, 0.717) is 17.9 Å². The van der Waals surface area contributed by atoms with Crippen LogP contribution in [-0.4, -0.2) is 51.8 Å². The molecule has 0 radical (unpaired) electrons. The Morgan fingerprint density at radius 1 is 1.09 bits per heavy atom. The zero-order chi connectivity index (χ0) is 15.9. The SMILES string of the molecule is CC(C)Nc1nc(NC(C)C)nc(N2CC3(C)CC2CO3)n1. The third-order valence-electron chi connectivity index (χ3n) is 3.95. The smallest absolute Gasteiger partial charge is 0.232 e. The summed E-state index contributed by atoms with van der Waals surface area (Å²) in [5.41, 5.74) is -0.0609. The van der Waals surface area contributed by atoms with Gasteiger partial charge in [0.1, 0.15) is 0 Å². The molecule has 122 valence electrons. The lowest BCUT2D eigenvalue weighted by molar-refractivity contribution is 0.0166. The molecule has 2 bridgehead atoms. The number of nitrogens with one attached hydrogen (secondary N) is 2. The molecule has 3 heterocycles. The zero-order valence-electron chi connectivity index (χ0n) is 14.1. The average molecular weight is 306 g/mol. The number of hydrogen-bond acceptors (Lipinski definition) is 7. The second kappa shape index (κ2) is 5.53. The van der Waals surface area contributed by atoms with Crippen molar-refractivity contribution in [1.29, 1.82) is 0 Å². The Balaban J connectivity index is 1.89. The van der Waals surface area contributed by atoms with Crippen LogP contribution in [0.3, 0.4) is 0 Å².